The molecule has 2 aromatic rings. The van der Waals surface area contributed by atoms with E-state index in [0.717, 1.165) is 4.91 Å². The number of hydrogen-bond donors (Lipinski definition) is 1. The molecule has 0 spiro atoms. The summed E-state index contributed by atoms with van der Waals surface area (Å²) in [6, 6.07) is 0. The number of hydrogen-bond acceptors (Lipinski definition) is 7. The molecule has 0 saturated heterocycles. The normalized spacial score (nSPS) is 10.2. The zero-order valence-electron chi connectivity index (χ0n) is 6.23. The highest BCUT2D eigenvalue weighted by atomic mass is 15.7. The average molecular weight is 154 g/mol. The summed E-state index contributed by atoms with van der Waals surface area (Å²) in [5.74, 6) is 5.37. The van der Waals surface area contributed by atoms with E-state index < -0.39 is 0 Å². The fourth-order valence-electron chi connectivity index (χ4n) is 0.562. The Morgan fingerprint density at radius 2 is 2.36 bits per heavy atom. The lowest BCUT2D eigenvalue weighted by Crippen LogP contribution is -2.12. The van der Waals surface area contributed by atoms with Crippen molar-refractivity contribution in [2.24, 2.45) is 0 Å². The smallest absolute Gasteiger partial charge is 0.304 e. The van der Waals surface area contributed by atoms with Gasteiger partial charge in [0, 0.05) is 0 Å². The van der Waals surface area contributed by atoms with Gasteiger partial charge in [-0.1, -0.05) is 15.1 Å². The maximum Gasteiger partial charge on any atom is 1.00 e. The Kier molecular flexibility index (Phi) is 1.02. The standard InChI is InChI=1S/C2H3N9/c3-11-6-2(5-8-11)10-1-4-7-9-10/h1H,3H2/p+1. The molecular weight excluding hydrogens is 150 g/mol. The minimum atomic E-state index is 0. The first-order valence-electron chi connectivity index (χ1n) is 2.65. The molecule has 0 fully saturated rings. The summed E-state index contributed by atoms with van der Waals surface area (Å²) in [6.07, 6.45) is 1.34. The van der Waals surface area contributed by atoms with Gasteiger partial charge < -0.3 is 5.84 Å². The summed E-state index contributed by atoms with van der Waals surface area (Å²) in [4.78, 5) is 0.830. The van der Waals surface area contributed by atoms with Crippen molar-refractivity contribution in [2.45, 2.75) is 0 Å². The lowest BCUT2D eigenvalue weighted by Gasteiger charge is -1.84. The second-order valence-electron chi connectivity index (χ2n) is 1.66. The van der Waals surface area contributed by atoms with E-state index in [-0.39, 0.29) is 7.37 Å². The van der Waals surface area contributed by atoms with Crippen LogP contribution >= 0.6 is 0 Å². The highest BCUT2D eigenvalue weighted by molar-refractivity contribution is 4.97. The maximum atomic E-state index is 5.13. The lowest BCUT2D eigenvalue weighted by atomic mass is 11.0. The minimum absolute atomic E-state index is 0. The third kappa shape index (κ3) is 0.870. The molecule has 56 valence electrons. The molecule has 0 amide bonds. The largest absolute Gasteiger partial charge is 1.00 e. The molecule has 0 atom stereocenters. The summed E-state index contributed by atoms with van der Waals surface area (Å²) >= 11 is 0. The zero-order chi connectivity index (χ0) is 7.68. The fourth-order valence-corrected chi connectivity index (χ4v) is 0.562. The third-order valence-corrected chi connectivity index (χ3v) is 0.972. The molecule has 0 aliphatic heterocycles. The van der Waals surface area contributed by atoms with Crippen molar-refractivity contribution < 1.29 is 1.43 Å². The molecule has 2 rings (SSSR count). The van der Waals surface area contributed by atoms with E-state index in [1.807, 2.05) is 0 Å². The van der Waals surface area contributed by atoms with Crippen LogP contribution in [0.2, 0.25) is 0 Å². The highest BCUT2D eigenvalue weighted by Gasteiger charge is 2.02. The molecule has 0 aliphatic carbocycles. The van der Waals surface area contributed by atoms with E-state index in [4.69, 9.17) is 5.84 Å². The Labute approximate surface area is 61.3 Å². The Bertz CT molecular complexity index is 335. The predicted molar refractivity (Wildman–Crippen MR) is 31.8 cm³/mol. The monoisotopic (exact) mass is 154 g/mol. The molecule has 11 heavy (non-hydrogen) atoms. The van der Waals surface area contributed by atoms with Crippen molar-refractivity contribution in [1.29, 1.82) is 0 Å². The molecule has 2 aromatic heterocycles. The van der Waals surface area contributed by atoms with Crippen molar-refractivity contribution in [3.63, 3.8) is 0 Å². The van der Waals surface area contributed by atoms with E-state index in [0.29, 0.717) is 0 Å². The van der Waals surface area contributed by atoms with Gasteiger partial charge >= 0.3 is 1.43 Å². The van der Waals surface area contributed by atoms with Crippen molar-refractivity contribution >= 4 is 0 Å². The van der Waals surface area contributed by atoms with Gasteiger partial charge in [0.1, 0.15) is 6.33 Å². The summed E-state index contributed by atoms with van der Waals surface area (Å²) in [5.41, 5.74) is 0. The lowest BCUT2D eigenvalue weighted by molar-refractivity contribution is 0.674. The van der Waals surface area contributed by atoms with Crippen LogP contribution in [-0.4, -0.2) is 40.5 Å². The SMILES string of the molecule is Nn1nnc(-n2cnnn2)n1.[H+]. The number of nitrogens with two attached hydrogens (primary N) is 1. The third-order valence-electron chi connectivity index (χ3n) is 0.972. The van der Waals surface area contributed by atoms with Crippen molar-refractivity contribution in [1.82, 2.24) is 40.5 Å². The Morgan fingerprint density at radius 3 is 2.91 bits per heavy atom. The van der Waals surface area contributed by atoms with Crippen LogP contribution in [0.4, 0.5) is 0 Å². The number of aromatic nitrogens is 8. The van der Waals surface area contributed by atoms with Gasteiger partial charge in [-0.3, -0.25) is 0 Å². The zero-order valence-corrected chi connectivity index (χ0v) is 5.23. The summed E-state index contributed by atoms with van der Waals surface area (Å²) < 4.78 is 1.25. The Balaban J connectivity index is 0.000000720. The fraction of sp³-hybridized carbons (Fsp3) is 0. The van der Waals surface area contributed by atoms with E-state index in [1.54, 1.807) is 0 Å². The maximum absolute atomic E-state index is 5.13. The molecular formula is C2H4N9+. The minimum Gasteiger partial charge on any atom is -0.304 e. The topological polar surface area (TPSA) is 113 Å². The quantitative estimate of drug-likeness (QED) is 0.450. The van der Waals surface area contributed by atoms with Crippen LogP contribution < -0.4 is 5.84 Å². The molecule has 0 saturated carbocycles. The number of nitrogen functional groups attached to an aromatic ring is 1. The molecule has 0 radical (unpaired) electrons. The molecule has 9 heteroatoms. The van der Waals surface area contributed by atoms with Crippen LogP contribution in [0.25, 0.3) is 5.95 Å². The van der Waals surface area contributed by atoms with Crippen LogP contribution in [0.5, 0.6) is 0 Å². The van der Waals surface area contributed by atoms with Crippen LogP contribution in [0.15, 0.2) is 6.33 Å². The van der Waals surface area contributed by atoms with Crippen molar-refractivity contribution in [2.75, 3.05) is 5.84 Å². The summed E-state index contributed by atoms with van der Waals surface area (Å²) in [6.45, 7) is 0. The second kappa shape index (κ2) is 1.97. The van der Waals surface area contributed by atoms with E-state index >= 15 is 0 Å². The van der Waals surface area contributed by atoms with Crippen LogP contribution in [-0.2, 0) is 0 Å². The van der Waals surface area contributed by atoms with Gasteiger partial charge in [0.15, 0.2) is 0 Å². The summed E-state index contributed by atoms with van der Waals surface area (Å²) in [5, 5.41) is 20.9. The van der Waals surface area contributed by atoms with E-state index in [1.165, 1.54) is 11.0 Å². The van der Waals surface area contributed by atoms with Gasteiger partial charge in [-0.2, -0.15) is 4.68 Å². The van der Waals surface area contributed by atoms with Gasteiger partial charge in [0.25, 0.3) is 5.95 Å². The van der Waals surface area contributed by atoms with Crippen LogP contribution in [0.3, 0.4) is 0 Å². The Hall–Kier alpha value is -2.06. The molecule has 9 nitrogen and oxygen atoms in total. The first kappa shape index (κ1) is 5.70. The van der Waals surface area contributed by atoms with Gasteiger partial charge in [0.2, 0.25) is 0 Å². The van der Waals surface area contributed by atoms with Crippen molar-refractivity contribution in [3.05, 3.63) is 6.33 Å². The first-order chi connectivity index (χ1) is 5.36. The molecule has 2 N–H and O–H groups in total. The van der Waals surface area contributed by atoms with Gasteiger partial charge in [-0.15, -0.1) is 5.10 Å². The molecule has 0 aromatic carbocycles. The average Bonchev–Trinajstić information content (AvgIpc) is 2.55. The molecule has 2 heterocycles. The molecule has 0 unspecified atom stereocenters. The summed E-state index contributed by atoms with van der Waals surface area (Å²) in [7, 11) is 0. The predicted octanol–water partition coefficient (Wildman–Crippen LogP) is -2.52. The van der Waals surface area contributed by atoms with Crippen LogP contribution in [0.1, 0.15) is 1.43 Å². The first-order valence-corrected chi connectivity index (χ1v) is 2.65. The van der Waals surface area contributed by atoms with E-state index in [9.17, 15) is 0 Å². The number of rotatable bonds is 1. The Morgan fingerprint density at radius 1 is 1.45 bits per heavy atom. The van der Waals surface area contributed by atoms with Crippen LogP contribution in [0, 0.1) is 0 Å². The van der Waals surface area contributed by atoms with Gasteiger partial charge in [0.05, 0.1) is 0 Å². The van der Waals surface area contributed by atoms with Gasteiger partial charge in [-0.25, -0.2) is 0 Å². The van der Waals surface area contributed by atoms with Crippen molar-refractivity contribution in [3.8, 4) is 5.95 Å². The number of nitrogens with zero attached hydrogens (tertiary/aromatic N) is 8. The number of tetrazole rings is 2. The molecule has 0 bridgehead atoms. The van der Waals surface area contributed by atoms with Gasteiger partial charge in [-0.05, 0) is 15.6 Å². The highest BCUT2D eigenvalue weighted by Crippen LogP contribution is 1.88. The second-order valence-corrected chi connectivity index (χ2v) is 1.66. The molecule has 0 aliphatic rings. The van der Waals surface area contributed by atoms with E-state index in [2.05, 4.69) is 30.9 Å².